The van der Waals surface area contributed by atoms with Crippen LogP contribution < -0.4 is 10.6 Å². The van der Waals surface area contributed by atoms with Crippen molar-refractivity contribution < 1.29 is 9.15 Å². The summed E-state index contributed by atoms with van der Waals surface area (Å²) in [5, 5.41) is 6.58. The Labute approximate surface area is 144 Å². The highest BCUT2D eigenvalue weighted by Crippen LogP contribution is 1.99. The maximum absolute atomic E-state index is 5.30. The Hall–Kier alpha value is -1.02. The molecule has 0 aromatic carbocycles. The smallest absolute Gasteiger partial charge is 0.191 e. The van der Waals surface area contributed by atoms with Crippen molar-refractivity contribution >= 4 is 29.9 Å². The maximum atomic E-state index is 5.30. The largest absolute Gasteiger partial charge is 0.469 e. The number of halogens is 1. The maximum Gasteiger partial charge on any atom is 0.191 e. The Morgan fingerprint density at radius 3 is 2.86 bits per heavy atom. The molecule has 0 fully saturated rings. The van der Waals surface area contributed by atoms with Gasteiger partial charge in [-0.2, -0.15) is 0 Å². The molecule has 0 bridgehead atoms. The Morgan fingerprint density at radius 2 is 2.29 bits per heavy atom. The third-order valence-electron chi connectivity index (χ3n) is 2.55. The SMILES string of the molecule is C=C(C)CN=C(NCCc1ccco1)NC(C)COC.I. The number of methoxy groups -OCH3 is 1. The van der Waals surface area contributed by atoms with Crippen molar-refractivity contribution in [1.82, 2.24) is 10.6 Å². The molecule has 0 aliphatic heterocycles. The van der Waals surface area contributed by atoms with E-state index in [0.717, 1.165) is 30.3 Å². The number of nitrogens with zero attached hydrogens (tertiary/aromatic N) is 1. The minimum Gasteiger partial charge on any atom is -0.469 e. The van der Waals surface area contributed by atoms with Crippen molar-refractivity contribution in [3.8, 4) is 0 Å². The molecule has 0 saturated heterocycles. The van der Waals surface area contributed by atoms with E-state index in [1.807, 2.05) is 26.0 Å². The number of nitrogens with one attached hydrogen (secondary N) is 2. The van der Waals surface area contributed by atoms with E-state index in [1.165, 1.54) is 0 Å². The van der Waals surface area contributed by atoms with Crippen molar-refractivity contribution in [2.24, 2.45) is 4.99 Å². The van der Waals surface area contributed by atoms with Gasteiger partial charge in [0.05, 0.1) is 19.4 Å². The number of rotatable bonds is 8. The van der Waals surface area contributed by atoms with Crippen molar-refractivity contribution in [1.29, 1.82) is 0 Å². The van der Waals surface area contributed by atoms with Gasteiger partial charge in [0.1, 0.15) is 5.76 Å². The molecule has 1 heterocycles. The van der Waals surface area contributed by atoms with E-state index in [0.29, 0.717) is 13.2 Å². The number of furan rings is 1. The summed E-state index contributed by atoms with van der Waals surface area (Å²) in [6, 6.07) is 4.05. The van der Waals surface area contributed by atoms with E-state index >= 15 is 0 Å². The Balaban J connectivity index is 0.00000400. The van der Waals surface area contributed by atoms with Gasteiger partial charge in [-0.15, -0.1) is 24.0 Å². The van der Waals surface area contributed by atoms with Crippen LogP contribution in [0.25, 0.3) is 0 Å². The van der Waals surface area contributed by atoms with Crippen LogP contribution >= 0.6 is 24.0 Å². The van der Waals surface area contributed by atoms with Crippen molar-refractivity contribution in [2.45, 2.75) is 26.3 Å². The highest BCUT2D eigenvalue weighted by molar-refractivity contribution is 14.0. The third kappa shape index (κ3) is 9.52. The summed E-state index contributed by atoms with van der Waals surface area (Å²) in [6.45, 7) is 9.87. The van der Waals surface area contributed by atoms with Crippen molar-refractivity contribution in [3.63, 3.8) is 0 Å². The van der Waals surface area contributed by atoms with E-state index < -0.39 is 0 Å². The third-order valence-corrected chi connectivity index (χ3v) is 2.55. The van der Waals surface area contributed by atoms with Crippen LogP contribution in [0.3, 0.4) is 0 Å². The van der Waals surface area contributed by atoms with E-state index in [1.54, 1.807) is 13.4 Å². The molecule has 120 valence electrons. The standard InChI is InChI=1S/C15H25N3O2.HI/c1-12(2)10-17-15(18-13(3)11-19-4)16-8-7-14-6-5-9-20-14;/h5-6,9,13H,1,7-8,10-11H2,2-4H3,(H2,16,17,18);1H. The highest BCUT2D eigenvalue weighted by atomic mass is 127. The summed E-state index contributed by atoms with van der Waals surface area (Å²) >= 11 is 0. The molecule has 1 unspecified atom stereocenters. The van der Waals surface area contributed by atoms with Crippen LogP contribution in [-0.2, 0) is 11.2 Å². The molecule has 0 aliphatic carbocycles. The predicted molar refractivity (Wildman–Crippen MR) is 97.4 cm³/mol. The monoisotopic (exact) mass is 407 g/mol. The first-order valence-electron chi connectivity index (χ1n) is 6.82. The average Bonchev–Trinajstić information content (AvgIpc) is 2.89. The highest BCUT2D eigenvalue weighted by Gasteiger charge is 2.05. The molecule has 0 aliphatic rings. The lowest BCUT2D eigenvalue weighted by Gasteiger charge is -2.17. The minimum atomic E-state index is 0. The molecule has 0 radical (unpaired) electrons. The summed E-state index contributed by atoms with van der Waals surface area (Å²) < 4.78 is 10.4. The lowest BCUT2D eigenvalue weighted by atomic mass is 10.3. The average molecular weight is 407 g/mol. The zero-order chi connectivity index (χ0) is 14.8. The Bertz CT molecular complexity index is 419. The molecule has 21 heavy (non-hydrogen) atoms. The molecule has 2 N–H and O–H groups in total. The van der Waals surface area contributed by atoms with Gasteiger partial charge in [0.2, 0.25) is 0 Å². The quantitative estimate of drug-likeness (QED) is 0.301. The lowest BCUT2D eigenvalue weighted by molar-refractivity contribution is 0.179. The zero-order valence-corrected chi connectivity index (χ0v) is 15.3. The van der Waals surface area contributed by atoms with Crippen molar-refractivity contribution in [2.75, 3.05) is 26.8 Å². The molecular formula is C15H26IN3O2. The van der Waals surface area contributed by atoms with Crippen LogP contribution in [0, 0.1) is 0 Å². The van der Waals surface area contributed by atoms with E-state index in [4.69, 9.17) is 9.15 Å². The fourth-order valence-electron chi connectivity index (χ4n) is 1.65. The second kappa shape index (κ2) is 11.6. The first kappa shape index (κ1) is 20.0. The first-order valence-corrected chi connectivity index (χ1v) is 6.82. The first-order chi connectivity index (χ1) is 9.61. The van der Waals surface area contributed by atoms with Gasteiger partial charge in [-0.1, -0.05) is 12.2 Å². The number of hydrogen-bond donors (Lipinski definition) is 2. The van der Waals surface area contributed by atoms with Crippen LogP contribution in [0.15, 0.2) is 40.0 Å². The van der Waals surface area contributed by atoms with Gasteiger partial charge in [-0.25, -0.2) is 4.99 Å². The molecule has 6 heteroatoms. The summed E-state index contributed by atoms with van der Waals surface area (Å²) in [4.78, 5) is 4.47. The van der Waals surface area contributed by atoms with Gasteiger partial charge >= 0.3 is 0 Å². The van der Waals surface area contributed by atoms with E-state index in [-0.39, 0.29) is 30.0 Å². The molecule has 0 amide bonds. The fraction of sp³-hybridized carbons (Fsp3) is 0.533. The van der Waals surface area contributed by atoms with Gasteiger partial charge < -0.3 is 19.8 Å². The van der Waals surface area contributed by atoms with Gasteiger partial charge in [-0.05, 0) is 26.0 Å². The van der Waals surface area contributed by atoms with Crippen LogP contribution in [0.5, 0.6) is 0 Å². The van der Waals surface area contributed by atoms with Gasteiger partial charge in [0, 0.05) is 26.1 Å². The van der Waals surface area contributed by atoms with E-state index in [9.17, 15) is 0 Å². The normalized spacial score (nSPS) is 12.4. The second-order valence-electron chi connectivity index (χ2n) is 4.88. The molecule has 5 nitrogen and oxygen atoms in total. The van der Waals surface area contributed by atoms with Crippen molar-refractivity contribution in [3.05, 3.63) is 36.3 Å². The molecular weight excluding hydrogens is 381 g/mol. The molecule has 0 spiro atoms. The van der Waals surface area contributed by atoms with Crippen LogP contribution in [0.1, 0.15) is 19.6 Å². The second-order valence-corrected chi connectivity index (χ2v) is 4.88. The van der Waals surface area contributed by atoms with Crippen LogP contribution in [0.2, 0.25) is 0 Å². The predicted octanol–water partition coefficient (Wildman–Crippen LogP) is 2.59. The van der Waals surface area contributed by atoms with E-state index in [2.05, 4.69) is 22.2 Å². The van der Waals surface area contributed by atoms with Crippen LogP contribution in [0.4, 0.5) is 0 Å². The lowest BCUT2D eigenvalue weighted by Crippen LogP contribution is -2.44. The number of ether oxygens (including phenoxy) is 1. The molecule has 0 saturated carbocycles. The van der Waals surface area contributed by atoms with Gasteiger partial charge in [0.25, 0.3) is 0 Å². The topological polar surface area (TPSA) is 58.8 Å². The Kier molecular flexibility index (Phi) is 11.1. The van der Waals surface area contributed by atoms with Gasteiger partial charge in [-0.3, -0.25) is 0 Å². The molecule has 1 atom stereocenters. The van der Waals surface area contributed by atoms with Crippen LogP contribution in [-0.4, -0.2) is 38.8 Å². The molecule has 1 aromatic rings. The van der Waals surface area contributed by atoms with Gasteiger partial charge in [0.15, 0.2) is 5.96 Å². The molecule has 1 rings (SSSR count). The summed E-state index contributed by atoms with van der Waals surface area (Å²) in [7, 11) is 1.69. The minimum absolute atomic E-state index is 0. The fourth-order valence-corrected chi connectivity index (χ4v) is 1.65. The summed E-state index contributed by atoms with van der Waals surface area (Å²) in [5.41, 5.74) is 1.02. The number of hydrogen-bond acceptors (Lipinski definition) is 3. The summed E-state index contributed by atoms with van der Waals surface area (Å²) in [5.74, 6) is 1.73. The number of aliphatic imine (C=N–C) groups is 1. The Morgan fingerprint density at radius 1 is 1.52 bits per heavy atom. The number of guanidine groups is 1. The summed E-state index contributed by atoms with van der Waals surface area (Å²) in [6.07, 6.45) is 2.50. The zero-order valence-electron chi connectivity index (χ0n) is 13.0. The molecule has 1 aromatic heterocycles.